The Kier molecular flexibility index (Phi) is 12.0. The number of amidine groups is 2. The van der Waals surface area contributed by atoms with Crippen LogP contribution in [0.5, 0.6) is 0 Å². The lowest BCUT2D eigenvalue weighted by Gasteiger charge is -2.28. The molecular formula is C27H53N4+. The zero-order valence-corrected chi connectivity index (χ0v) is 21.8. The normalized spacial score (nSPS) is 21.7. The van der Waals surface area contributed by atoms with Crippen LogP contribution >= 0.6 is 0 Å². The maximum Gasteiger partial charge on any atom is 0.247 e. The van der Waals surface area contributed by atoms with Crippen LogP contribution in [0.15, 0.2) is 4.99 Å². The van der Waals surface area contributed by atoms with Gasteiger partial charge in [-0.15, -0.1) is 0 Å². The van der Waals surface area contributed by atoms with Crippen molar-refractivity contribution in [1.82, 2.24) is 9.80 Å². The van der Waals surface area contributed by atoms with Crippen LogP contribution in [-0.4, -0.2) is 70.9 Å². The summed E-state index contributed by atoms with van der Waals surface area (Å²) in [5.41, 5.74) is 0. The second-order valence-electron chi connectivity index (χ2n) is 10.2. The minimum Gasteiger partial charge on any atom is -0.356 e. The number of unbranched alkanes of at least 4 members (excludes halogenated alkanes) is 3. The van der Waals surface area contributed by atoms with Crippen molar-refractivity contribution in [2.24, 2.45) is 10.9 Å². The number of aliphatic imine (C=N–C) groups is 1. The molecule has 2 aliphatic rings. The largest absolute Gasteiger partial charge is 0.356 e. The van der Waals surface area contributed by atoms with Gasteiger partial charge in [-0.2, -0.15) is 0 Å². The summed E-state index contributed by atoms with van der Waals surface area (Å²) in [6, 6.07) is 1.37. The summed E-state index contributed by atoms with van der Waals surface area (Å²) in [5, 5.41) is 0. The molecule has 0 saturated carbocycles. The average Bonchev–Trinajstić information content (AvgIpc) is 3.30. The first-order chi connectivity index (χ1) is 15.1. The summed E-state index contributed by atoms with van der Waals surface area (Å²) >= 11 is 0. The van der Waals surface area contributed by atoms with E-state index >= 15 is 0 Å². The van der Waals surface area contributed by atoms with Gasteiger partial charge < -0.3 is 4.90 Å². The first-order valence-electron chi connectivity index (χ1n) is 13.7. The van der Waals surface area contributed by atoms with E-state index in [2.05, 4.69) is 55.9 Å². The molecule has 0 aromatic carbocycles. The minimum atomic E-state index is 0.662. The predicted octanol–water partition coefficient (Wildman–Crippen LogP) is 6.19. The number of nitrogens with zero attached hydrogens (tertiary/aromatic N) is 4. The van der Waals surface area contributed by atoms with Gasteiger partial charge in [0, 0.05) is 25.4 Å². The van der Waals surface area contributed by atoms with Gasteiger partial charge in [0.05, 0.1) is 25.5 Å². The Bertz CT molecular complexity index is 566. The number of hydrogen-bond donors (Lipinski definition) is 0. The maximum absolute atomic E-state index is 4.92. The molecule has 2 atom stereocenters. The Morgan fingerprint density at radius 3 is 2.16 bits per heavy atom. The zero-order chi connectivity index (χ0) is 22.6. The van der Waals surface area contributed by atoms with Gasteiger partial charge in [-0.3, -0.25) is 14.5 Å². The van der Waals surface area contributed by atoms with E-state index in [1.54, 1.807) is 5.84 Å². The predicted molar refractivity (Wildman–Crippen MR) is 137 cm³/mol. The summed E-state index contributed by atoms with van der Waals surface area (Å²) < 4.78 is 2.76. The van der Waals surface area contributed by atoms with Crippen molar-refractivity contribution in [3.8, 4) is 0 Å². The first-order valence-corrected chi connectivity index (χ1v) is 13.7. The van der Waals surface area contributed by atoms with Crippen LogP contribution in [-0.2, 0) is 0 Å². The average molecular weight is 434 g/mol. The second kappa shape index (κ2) is 14.2. The van der Waals surface area contributed by atoms with Crippen molar-refractivity contribution < 1.29 is 4.58 Å². The molecule has 4 heteroatoms. The van der Waals surface area contributed by atoms with Crippen LogP contribution < -0.4 is 0 Å². The van der Waals surface area contributed by atoms with Gasteiger partial charge in [0.15, 0.2) is 0 Å². The lowest BCUT2D eigenvalue weighted by molar-refractivity contribution is -0.523. The molecule has 180 valence electrons. The molecule has 0 aromatic heterocycles. The Morgan fingerprint density at radius 1 is 0.871 bits per heavy atom. The van der Waals surface area contributed by atoms with Gasteiger partial charge in [-0.05, 0) is 50.9 Å². The molecule has 2 aliphatic heterocycles. The molecular weight excluding hydrogens is 380 g/mol. The third-order valence-corrected chi connectivity index (χ3v) is 7.20. The third kappa shape index (κ3) is 7.49. The van der Waals surface area contributed by atoms with E-state index in [4.69, 9.17) is 4.99 Å². The first kappa shape index (κ1) is 26.2. The molecule has 0 amide bonds. The topological polar surface area (TPSA) is 21.9 Å². The standard InChI is InChI=1S/C27H53N4/c1-7-11-19-30-24(21-28-26(30)15-9-3)17-13-14-18-29-22-25(23(5)6)31(20-12-8-2)27(29)16-10-4/h23-25H,7-22H2,1-6H3/q+1. The number of rotatable bonds is 16. The van der Waals surface area contributed by atoms with Crippen LogP contribution in [0.25, 0.3) is 0 Å². The molecule has 4 nitrogen and oxygen atoms in total. The van der Waals surface area contributed by atoms with Gasteiger partial charge >= 0.3 is 0 Å². The van der Waals surface area contributed by atoms with E-state index in [9.17, 15) is 0 Å². The summed E-state index contributed by atoms with van der Waals surface area (Å²) in [6.45, 7) is 20.0. The van der Waals surface area contributed by atoms with E-state index in [-0.39, 0.29) is 0 Å². The summed E-state index contributed by atoms with van der Waals surface area (Å²) in [5.74, 6) is 3.77. The minimum absolute atomic E-state index is 0.662. The van der Waals surface area contributed by atoms with Gasteiger partial charge in [0.2, 0.25) is 5.84 Å². The Morgan fingerprint density at radius 2 is 1.55 bits per heavy atom. The molecule has 31 heavy (non-hydrogen) atoms. The van der Waals surface area contributed by atoms with Crippen molar-refractivity contribution in [2.45, 2.75) is 124 Å². The van der Waals surface area contributed by atoms with Gasteiger partial charge in [-0.1, -0.05) is 54.4 Å². The quantitative estimate of drug-likeness (QED) is 0.214. The monoisotopic (exact) mass is 433 g/mol. The molecule has 0 N–H and O–H groups in total. The molecule has 0 aliphatic carbocycles. The van der Waals surface area contributed by atoms with Crippen LogP contribution in [0.2, 0.25) is 0 Å². The maximum atomic E-state index is 4.92. The van der Waals surface area contributed by atoms with Crippen molar-refractivity contribution >= 4 is 11.7 Å². The SMILES string of the molecule is CCCCN1C(CCC)=NCC1CCCC[N+]1=C(CCC)N(CCCC)C(C(C)C)C1. The lowest BCUT2D eigenvalue weighted by Crippen LogP contribution is -2.40. The Balaban J connectivity index is 1.91. The molecule has 0 bridgehead atoms. The van der Waals surface area contributed by atoms with Crippen molar-refractivity contribution in [1.29, 1.82) is 0 Å². The third-order valence-electron chi connectivity index (χ3n) is 7.20. The van der Waals surface area contributed by atoms with Crippen molar-refractivity contribution in [3.63, 3.8) is 0 Å². The molecule has 0 saturated heterocycles. The summed E-state index contributed by atoms with van der Waals surface area (Å²) in [6.07, 6.45) is 14.0. The fourth-order valence-corrected chi connectivity index (χ4v) is 5.37. The fraction of sp³-hybridized carbons (Fsp3) is 0.926. The van der Waals surface area contributed by atoms with Crippen molar-refractivity contribution in [2.75, 3.05) is 32.7 Å². The summed E-state index contributed by atoms with van der Waals surface area (Å²) in [4.78, 5) is 10.4. The van der Waals surface area contributed by atoms with E-state index in [1.165, 1.54) is 96.2 Å². The van der Waals surface area contributed by atoms with Crippen LogP contribution in [0.4, 0.5) is 0 Å². The van der Waals surface area contributed by atoms with E-state index in [0.717, 1.165) is 18.9 Å². The van der Waals surface area contributed by atoms with Crippen LogP contribution in [0.3, 0.4) is 0 Å². The molecule has 2 rings (SSSR count). The fourth-order valence-electron chi connectivity index (χ4n) is 5.37. The highest BCUT2D eigenvalue weighted by molar-refractivity contribution is 5.84. The molecule has 0 aromatic rings. The molecule has 0 spiro atoms. The van der Waals surface area contributed by atoms with Gasteiger partial charge in [0.25, 0.3) is 0 Å². The summed E-state index contributed by atoms with van der Waals surface area (Å²) in [7, 11) is 0. The van der Waals surface area contributed by atoms with Gasteiger partial charge in [-0.25, -0.2) is 0 Å². The van der Waals surface area contributed by atoms with Crippen LogP contribution in [0.1, 0.15) is 112 Å². The smallest absolute Gasteiger partial charge is 0.247 e. The highest BCUT2D eigenvalue weighted by atomic mass is 15.3. The van der Waals surface area contributed by atoms with E-state index in [1.807, 2.05) is 0 Å². The van der Waals surface area contributed by atoms with E-state index < -0.39 is 0 Å². The zero-order valence-electron chi connectivity index (χ0n) is 21.8. The molecule has 0 fully saturated rings. The van der Waals surface area contributed by atoms with Gasteiger partial charge in [0.1, 0.15) is 12.6 Å². The van der Waals surface area contributed by atoms with E-state index in [0.29, 0.717) is 12.1 Å². The number of hydrogen-bond acceptors (Lipinski definition) is 3. The van der Waals surface area contributed by atoms with Crippen LogP contribution in [0, 0.1) is 5.92 Å². The molecule has 0 radical (unpaired) electrons. The lowest BCUT2D eigenvalue weighted by atomic mass is 10.0. The Hall–Kier alpha value is -1.06. The highest BCUT2D eigenvalue weighted by Gasteiger charge is 2.39. The molecule has 2 heterocycles. The Labute approximate surface area is 194 Å². The highest BCUT2D eigenvalue weighted by Crippen LogP contribution is 2.23. The second-order valence-corrected chi connectivity index (χ2v) is 10.2. The molecule has 2 unspecified atom stereocenters. The van der Waals surface area contributed by atoms with Crippen molar-refractivity contribution in [3.05, 3.63) is 0 Å².